The van der Waals surface area contributed by atoms with Gasteiger partial charge < -0.3 is 9.47 Å². The number of benzene rings is 2. The van der Waals surface area contributed by atoms with E-state index in [1.54, 1.807) is 6.92 Å². The summed E-state index contributed by atoms with van der Waals surface area (Å²) in [5.74, 6) is 2.70. The van der Waals surface area contributed by atoms with Gasteiger partial charge in [-0.05, 0) is 73.4 Å². The molecular weight excluding hydrogens is 436 g/mol. The van der Waals surface area contributed by atoms with Crippen LogP contribution in [-0.4, -0.2) is 18.4 Å². The highest BCUT2D eigenvalue weighted by Crippen LogP contribution is 2.45. The van der Waals surface area contributed by atoms with E-state index in [-0.39, 0.29) is 23.8 Å². The first-order valence-corrected chi connectivity index (χ1v) is 12.6. The average Bonchev–Trinajstić information content (AvgIpc) is 3.26. The Morgan fingerprint density at radius 1 is 1.14 bits per heavy atom. The Hall–Kier alpha value is -3.14. The molecule has 3 atom stereocenters. The van der Waals surface area contributed by atoms with Crippen LogP contribution in [0.3, 0.4) is 0 Å². The summed E-state index contributed by atoms with van der Waals surface area (Å²) in [5, 5.41) is 0. The van der Waals surface area contributed by atoms with Crippen molar-refractivity contribution >= 4 is 17.6 Å². The van der Waals surface area contributed by atoms with Crippen LogP contribution in [0.1, 0.15) is 81.4 Å². The van der Waals surface area contributed by atoms with E-state index in [2.05, 4.69) is 46.8 Å². The molecule has 1 unspecified atom stereocenters. The van der Waals surface area contributed by atoms with Crippen molar-refractivity contribution in [2.24, 2.45) is 11.8 Å². The number of hydrogen-bond donors (Lipinski definition) is 0. The van der Waals surface area contributed by atoms with Crippen LogP contribution >= 0.6 is 0 Å². The number of carbonyl (C=O) groups excluding carboxylic acids is 2. The van der Waals surface area contributed by atoms with Gasteiger partial charge in [-0.1, -0.05) is 70.0 Å². The molecule has 5 rings (SSSR count). The van der Waals surface area contributed by atoms with Crippen molar-refractivity contribution in [3.8, 4) is 11.5 Å². The van der Waals surface area contributed by atoms with Crippen LogP contribution in [0.25, 0.3) is 6.08 Å². The van der Waals surface area contributed by atoms with Crippen LogP contribution in [0.5, 0.6) is 11.5 Å². The van der Waals surface area contributed by atoms with E-state index in [9.17, 15) is 9.59 Å². The minimum absolute atomic E-state index is 0.000741. The van der Waals surface area contributed by atoms with Gasteiger partial charge in [0.1, 0.15) is 0 Å². The van der Waals surface area contributed by atoms with E-state index in [0.717, 1.165) is 47.5 Å². The Morgan fingerprint density at radius 2 is 1.89 bits per heavy atom. The second kappa shape index (κ2) is 9.85. The summed E-state index contributed by atoms with van der Waals surface area (Å²) in [6.07, 6.45) is 6.89. The van der Waals surface area contributed by atoms with E-state index in [1.165, 1.54) is 16.7 Å². The van der Waals surface area contributed by atoms with E-state index >= 15 is 0 Å². The van der Waals surface area contributed by atoms with Crippen LogP contribution in [-0.2, 0) is 16.6 Å². The summed E-state index contributed by atoms with van der Waals surface area (Å²) < 4.78 is 10.9. The summed E-state index contributed by atoms with van der Waals surface area (Å²) in [6, 6.07) is 12.1. The van der Waals surface area contributed by atoms with Gasteiger partial charge in [-0.3, -0.25) is 9.59 Å². The van der Waals surface area contributed by atoms with Gasteiger partial charge in [0.2, 0.25) is 6.79 Å². The third-order valence-electron chi connectivity index (χ3n) is 8.27. The highest BCUT2D eigenvalue weighted by Gasteiger charge is 2.39. The standard InChI is InChI=1S/C16H20O.C15H16O3/c1-5-11(2)16(4)12(3)10-15(17)13-8-6-7-9-14(13)16;1-9-3-4-11-5-6-14-15(18-8-17-14)13(11)7-12(9)10(2)16/h6-11H,5H2,1-4H3;5-7,9H,3-4,8H2,1-2H3/t11-,16+;/m1./s1. The van der Waals surface area contributed by atoms with Crippen LogP contribution in [0, 0.1) is 11.8 Å². The SMILES string of the molecule is CC(=O)C1=Cc2c(ccc3c2OCO3)CCC1C.CC[C@@H](C)[C@@]1(C)C(C)=CC(=O)c2ccccc21. The Kier molecular flexibility index (Phi) is 7.02. The quantitative estimate of drug-likeness (QED) is 0.478. The van der Waals surface area contributed by atoms with E-state index in [0.29, 0.717) is 11.8 Å². The van der Waals surface area contributed by atoms with E-state index in [1.807, 2.05) is 36.4 Å². The van der Waals surface area contributed by atoms with Gasteiger partial charge in [-0.25, -0.2) is 0 Å². The molecular formula is C31H36O4. The molecule has 0 saturated heterocycles. The maximum Gasteiger partial charge on any atom is 0.231 e. The van der Waals surface area contributed by atoms with Gasteiger partial charge in [-0.2, -0.15) is 0 Å². The van der Waals surface area contributed by atoms with E-state index in [4.69, 9.17) is 9.47 Å². The number of hydrogen-bond acceptors (Lipinski definition) is 4. The molecule has 0 spiro atoms. The zero-order valence-corrected chi connectivity index (χ0v) is 21.7. The first kappa shape index (κ1) is 25.0. The van der Waals surface area contributed by atoms with Crippen molar-refractivity contribution in [2.45, 2.75) is 66.2 Å². The molecule has 0 fully saturated rings. The highest BCUT2D eigenvalue weighted by atomic mass is 16.7. The number of fused-ring (bicyclic) bond motifs is 4. The molecule has 35 heavy (non-hydrogen) atoms. The van der Waals surface area contributed by atoms with Crippen LogP contribution in [0.4, 0.5) is 0 Å². The summed E-state index contributed by atoms with van der Waals surface area (Å²) in [7, 11) is 0. The summed E-state index contributed by atoms with van der Waals surface area (Å²) in [6.45, 7) is 12.8. The minimum Gasteiger partial charge on any atom is -0.454 e. The Bertz CT molecular complexity index is 1220. The lowest BCUT2D eigenvalue weighted by Crippen LogP contribution is -2.36. The molecule has 184 valence electrons. The van der Waals surface area contributed by atoms with Gasteiger partial charge in [0.25, 0.3) is 0 Å². The van der Waals surface area contributed by atoms with E-state index < -0.39 is 0 Å². The second-order valence-corrected chi connectivity index (χ2v) is 10.2. The fourth-order valence-corrected chi connectivity index (χ4v) is 5.53. The number of ether oxygens (including phenoxy) is 2. The normalized spacial score (nSPS) is 23.0. The molecule has 3 aliphatic rings. The fraction of sp³-hybridized carbons (Fsp3) is 0.419. The number of Topliss-reactive ketones (excluding diaryl/α,β-unsaturated/α-hetero) is 1. The van der Waals surface area contributed by atoms with Crippen molar-refractivity contribution in [2.75, 3.05) is 6.79 Å². The minimum atomic E-state index is -0.000741. The van der Waals surface area contributed by atoms with Gasteiger partial charge >= 0.3 is 0 Å². The van der Waals surface area contributed by atoms with Crippen molar-refractivity contribution < 1.29 is 19.1 Å². The molecule has 4 nitrogen and oxygen atoms in total. The Balaban J connectivity index is 0.000000165. The first-order chi connectivity index (χ1) is 16.7. The first-order valence-electron chi connectivity index (χ1n) is 12.6. The Labute approximate surface area is 209 Å². The summed E-state index contributed by atoms with van der Waals surface area (Å²) in [4.78, 5) is 23.7. The third kappa shape index (κ3) is 4.47. The monoisotopic (exact) mass is 472 g/mol. The van der Waals surface area contributed by atoms with Crippen molar-refractivity contribution in [3.63, 3.8) is 0 Å². The molecule has 0 amide bonds. The van der Waals surface area contributed by atoms with Gasteiger partial charge in [0, 0.05) is 16.5 Å². The maximum absolute atomic E-state index is 12.0. The van der Waals surface area contributed by atoms with Gasteiger partial charge in [0.05, 0.1) is 0 Å². The smallest absolute Gasteiger partial charge is 0.231 e. The van der Waals surface area contributed by atoms with Crippen LogP contribution < -0.4 is 9.47 Å². The van der Waals surface area contributed by atoms with Crippen molar-refractivity contribution in [1.82, 2.24) is 0 Å². The highest BCUT2D eigenvalue weighted by molar-refractivity contribution is 6.08. The van der Waals surface area contributed by atoms with Crippen molar-refractivity contribution in [3.05, 3.63) is 75.9 Å². The molecule has 0 bridgehead atoms. The molecule has 1 aliphatic heterocycles. The largest absolute Gasteiger partial charge is 0.454 e. The predicted molar refractivity (Wildman–Crippen MR) is 140 cm³/mol. The molecule has 2 aromatic carbocycles. The zero-order chi connectivity index (χ0) is 25.3. The Morgan fingerprint density at radius 3 is 2.60 bits per heavy atom. The average molecular weight is 473 g/mol. The lowest BCUT2D eigenvalue weighted by molar-refractivity contribution is -0.114. The molecule has 0 N–H and O–H groups in total. The molecule has 0 radical (unpaired) electrons. The second-order valence-electron chi connectivity index (χ2n) is 10.2. The number of aryl methyl sites for hydroxylation is 1. The lowest BCUT2D eigenvalue weighted by atomic mass is 9.63. The molecule has 0 aromatic heterocycles. The third-order valence-corrected chi connectivity index (χ3v) is 8.27. The zero-order valence-electron chi connectivity index (χ0n) is 21.7. The van der Waals surface area contributed by atoms with Gasteiger partial charge in [-0.15, -0.1) is 0 Å². The summed E-state index contributed by atoms with van der Waals surface area (Å²) in [5.41, 5.74) is 6.41. The maximum atomic E-state index is 12.0. The molecule has 1 heterocycles. The molecule has 2 aromatic rings. The fourth-order valence-electron chi connectivity index (χ4n) is 5.53. The summed E-state index contributed by atoms with van der Waals surface area (Å²) >= 11 is 0. The van der Waals surface area contributed by atoms with Crippen LogP contribution in [0.15, 0.2) is 53.6 Å². The molecule has 4 heteroatoms. The lowest BCUT2D eigenvalue weighted by Gasteiger charge is -2.40. The predicted octanol–water partition coefficient (Wildman–Crippen LogP) is 7.10. The number of ketones is 2. The van der Waals surface area contributed by atoms with Crippen LogP contribution in [0.2, 0.25) is 0 Å². The van der Waals surface area contributed by atoms with Crippen molar-refractivity contribution in [1.29, 1.82) is 0 Å². The molecule has 2 aliphatic carbocycles. The van der Waals surface area contributed by atoms with Gasteiger partial charge in [0.15, 0.2) is 23.1 Å². The number of rotatable bonds is 3. The number of allylic oxidation sites excluding steroid dienone is 3. The molecule has 0 saturated carbocycles. The topological polar surface area (TPSA) is 52.6 Å². The number of carbonyl (C=O) groups is 2.